The summed E-state index contributed by atoms with van der Waals surface area (Å²) in [5.74, 6) is 1.78. The molecule has 1 aliphatic rings. The van der Waals surface area contributed by atoms with Crippen LogP contribution < -0.4 is 15.4 Å². The van der Waals surface area contributed by atoms with Crippen molar-refractivity contribution in [2.45, 2.75) is 57.9 Å². The Morgan fingerprint density at radius 3 is 2.61 bits per heavy atom. The Kier molecular flexibility index (Phi) is 11.6. The standard InChI is InChI=1S/C21H35N3O2S.HI/c1-6-22-20(24-15-21(27-5)9-11-25-12-10-21)23-14-18-8-7-17(4)13-19(18)26-16(2)3;/h7-8,13,16H,6,9-12,14-15H2,1-5H3,(H2,22,23,24);1H. The number of ether oxygens (including phenoxy) is 2. The number of nitrogens with zero attached hydrogens (tertiary/aromatic N) is 1. The second-order valence-corrected chi connectivity index (χ2v) is 8.60. The van der Waals surface area contributed by atoms with E-state index in [0.29, 0.717) is 6.54 Å². The van der Waals surface area contributed by atoms with E-state index in [1.807, 2.05) is 11.8 Å². The second-order valence-electron chi connectivity index (χ2n) is 7.33. The van der Waals surface area contributed by atoms with E-state index in [2.05, 4.69) is 62.8 Å². The number of benzene rings is 1. The molecule has 1 fully saturated rings. The van der Waals surface area contributed by atoms with Gasteiger partial charge in [0.25, 0.3) is 0 Å². The zero-order valence-electron chi connectivity index (χ0n) is 17.8. The van der Waals surface area contributed by atoms with Crippen molar-refractivity contribution in [1.82, 2.24) is 10.6 Å². The van der Waals surface area contributed by atoms with Crippen molar-refractivity contribution in [1.29, 1.82) is 0 Å². The summed E-state index contributed by atoms with van der Waals surface area (Å²) in [7, 11) is 0. The molecule has 2 N–H and O–H groups in total. The van der Waals surface area contributed by atoms with Crippen molar-refractivity contribution in [3.8, 4) is 5.75 Å². The Bertz CT molecular complexity index is 620. The van der Waals surface area contributed by atoms with Crippen LogP contribution in [0.15, 0.2) is 23.2 Å². The van der Waals surface area contributed by atoms with Crippen LogP contribution in [0.25, 0.3) is 0 Å². The molecule has 1 saturated heterocycles. The fourth-order valence-corrected chi connectivity index (χ4v) is 3.89. The van der Waals surface area contributed by atoms with Gasteiger partial charge in [-0.05, 0) is 58.4 Å². The van der Waals surface area contributed by atoms with Crippen molar-refractivity contribution in [2.24, 2.45) is 4.99 Å². The Morgan fingerprint density at radius 2 is 2.00 bits per heavy atom. The molecule has 0 spiro atoms. The lowest BCUT2D eigenvalue weighted by atomic mass is 9.99. The molecule has 0 atom stereocenters. The summed E-state index contributed by atoms with van der Waals surface area (Å²) in [5, 5.41) is 6.91. The van der Waals surface area contributed by atoms with Gasteiger partial charge < -0.3 is 20.1 Å². The maximum atomic E-state index is 5.98. The number of nitrogens with one attached hydrogen (secondary N) is 2. The fourth-order valence-electron chi connectivity index (χ4n) is 3.10. The Morgan fingerprint density at radius 1 is 1.29 bits per heavy atom. The number of rotatable bonds is 8. The third-order valence-electron chi connectivity index (χ3n) is 4.75. The molecule has 2 rings (SSSR count). The van der Waals surface area contributed by atoms with Crippen LogP contribution in [0, 0.1) is 6.92 Å². The highest BCUT2D eigenvalue weighted by Crippen LogP contribution is 2.33. The first-order chi connectivity index (χ1) is 13.0. The molecule has 7 heteroatoms. The Hall–Kier alpha value is -0.670. The lowest BCUT2D eigenvalue weighted by Crippen LogP contribution is -2.47. The van der Waals surface area contributed by atoms with Gasteiger partial charge in [0.05, 0.1) is 12.6 Å². The van der Waals surface area contributed by atoms with E-state index in [9.17, 15) is 0 Å². The molecule has 0 amide bonds. The third-order valence-corrected chi connectivity index (χ3v) is 6.17. The molecular formula is C21H36IN3O2S. The van der Waals surface area contributed by atoms with Crippen molar-refractivity contribution in [2.75, 3.05) is 32.6 Å². The number of aryl methyl sites for hydroxylation is 1. The van der Waals surface area contributed by atoms with Gasteiger partial charge in [0.1, 0.15) is 5.75 Å². The van der Waals surface area contributed by atoms with Crippen LogP contribution in [0.5, 0.6) is 5.75 Å². The van der Waals surface area contributed by atoms with E-state index in [1.165, 1.54) is 5.56 Å². The van der Waals surface area contributed by atoms with E-state index in [4.69, 9.17) is 14.5 Å². The normalized spacial score (nSPS) is 16.4. The maximum absolute atomic E-state index is 5.98. The minimum absolute atomic E-state index is 0. The second kappa shape index (κ2) is 12.8. The number of guanidine groups is 1. The van der Waals surface area contributed by atoms with Gasteiger partial charge in [-0.15, -0.1) is 24.0 Å². The summed E-state index contributed by atoms with van der Waals surface area (Å²) < 4.78 is 11.7. The molecular weight excluding hydrogens is 485 g/mol. The molecule has 1 aliphatic heterocycles. The number of aliphatic imine (C=N–C) groups is 1. The van der Waals surface area contributed by atoms with Crippen molar-refractivity contribution in [3.63, 3.8) is 0 Å². The predicted molar refractivity (Wildman–Crippen MR) is 131 cm³/mol. The van der Waals surface area contributed by atoms with Crippen molar-refractivity contribution < 1.29 is 9.47 Å². The summed E-state index contributed by atoms with van der Waals surface area (Å²) in [6, 6.07) is 6.32. The molecule has 0 unspecified atom stereocenters. The van der Waals surface area contributed by atoms with Crippen LogP contribution in [-0.4, -0.2) is 49.4 Å². The molecule has 0 aromatic heterocycles. The van der Waals surface area contributed by atoms with Gasteiger partial charge in [0, 0.05) is 36.6 Å². The first-order valence-corrected chi connectivity index (χ1v) is 11.1. The van der Waals surface area contributed by atoms with Gasteiger partial charge in [-0.1, -0.05) is 12.1 Å². The molecule has 28 heavy (non-hydrogen) atoms. The van der Waals surface area contributed by atoms with Gasteiger partial charge in [0.15, 0.2) is 5.96 Å². The molecule has 5 nitrogen and oxygen atoms in total. The van der Waals surface area contributed by atoms with Crippen LogP contribution in [-0.2, 0) is 11.3 Å². The van der Waals surface area contributed by atoms with Crippen LogP contribution in [0.3, 0.4) is 0 Å². The monoisotopic (exact) mass is 521 g/mol. The molecule has 0 radical (unpaired) electrons. The molecule has 1 aromatic rings. The molecule has 0 saturated carbocycles. The summed E-state index contributed by atoms with van der Waals surface area (Å²) in [4.78, 5) is 4.81. The molecule has 160 valence electrons. The lowest BCUT2D eigenvalue weighted by molar-refractivity contribution is 0.0783. The highest BCUT2D eigenvalue weighted by atomic mass is 127. The topological polar surface area (TPSA) is 54.9 Å². The minimum atomic E-state index is 0. The minimum Gasteiger partial charge on any atom is -0.491 e. The van der Waals surface area contributed by atoms with E-state index >= 15 is 0 Å². The zero-order valence-corrected chi connectivity index (χ0v) is 21.0. The van der Waals surface area contributed by atoms with Crippen LogP contribution in [0.4, 0.5) is 0 Å². The smallest absolute Gasteiger partial charge is 0.191 e. The summed E-state index contributed by atoms with van der Waals surface area (Å²) in [6.45, 7) is 12.3. The average Bonchev–Trinajstić information content (AvgIpc) is 2.65. The maximum Gasteiger partial charge on any atom is 0.191 e. The van der Waals surface area contributed by atoms with E-state index in [0.717, 1.165) is 56.4 Å². The van der Waals surface area contributed by atoms with E-state index < -0.39 is 0 Å². The molecule has 1 aromatic carbocycles. The van der Waals surface area contributed by atoms with E-state index in [1.54, 1.807) is 0 Å². The van der Waals surface area contributed by atoms with Crippen molar-refractivity contribution in [3.05, 3.63) is 29.3 Å². The molecule has 1 heterocycles. The quantitative estimate of drug-likeness (QED) is 0.303. The summed E-state index contributed by atoms with van der Waals surface area (Å²) >= 11 is 1.93. The van der Waals surface area contributed by atoms with Gasteiger partial charge in [-0.3, -0.25) is 0 Å². The number of halogens is 1. The Balaban J connectivity index is 0.00000392. The van der Waals surface area contributed by atoms with E-state index in [-0.39, 0.29) is 34.8 Å². The largest absolute Gasteiger partial charge is 0.491 e. The highest BCUT2D eigenvalue weighted by molar-refractivity contribution is 14.0. The van der Waals surface area contributed by atoms with Gasteiger partial charge in [0.2, 0.25) is 0 Å². The summed E-state index contributed by atoms with van der Waals surface area (Å²) in [5.41, 5.74) is 2.31. The lowest BCUT2D eigenvalue weighted by Gasteiger charge is -2.36. The zero-order chi connectivity index (χ0) is 19.7. The summed E-state index contributed by atoms with van der Waals surface area (Å²) in [6.07, 6.45) is 4.49. The van der Waals surface area contributed by atoms with Gasteiger partial charge in [-0.2, -0.15) is 11.8 Å². The predicted octanol–water partition coefficient (Wildman–Crippen LogP) is 4.37. The van der Waals surface area contributed by atoms with Gasteiger partial charge >= 0.3 is 0 Å². The Labute approximate surface area is 191 Å². The van der Waals surface area contributed by atoms with Gasteiger partial charge in [-0.25, -0.2) is 4.99 Å². The molecule has 0 bridgehead atoms. The molecule has 0 aliphatic carbocycles. The van der Waals surface area contributed by atoms with Crippen LogP contribution >= 0.6 is 35.7 Å². The van der Waals surface area contributed by atoms with Crippen molar-refractivity contribution >= 4 is 41.7 Å². The fraction of sp³-hybridized carbons (Fsp3) is 0.667. The SMILES string of the molecule is CCNC(=NCc1ccc(C)cc1OC(C)C)NCC1(SC)CCOCC1.I. The average molecular weight is 522 g/mol. The number of hydrogen-bond acceptors (Lipinski definition) is 4. The third kappa shape index (κ3) is 7.99. The van der Waals surface area contributed by atoms with Crippen LogP contribution in [0.1, 0.15) is 44.7 Å². The number of thioether (sulfide) groups is 1. The highest BCUT2D eigenvalue weighted by Gasteiger charge is 2.31. The van der Waals surface area contributed by atoms with Crippen LogP contribution in [0.2, 0.25) is 0 Å². The first-order valence-electron chi connectivity index (χ1n) is 9.89. The number of hydrogen-bond donors (Lipinski definition) is 2. The first kappa shape index (κ1) is 25.4.